The van der Waals surface area contributed by atoms with Gasteiger partial charge in [-0.3, -0.25) is 48.1 Å². The Balaban J connectivity index is 1.92. The first-order valence-electron chi connectivity index (χ1n) is 26.4. The van der Waals surface area contributed by atoms with Crippen molar-refractivity contribution < 1.29 is 68.4 Å². The number of aliphatic hydroxyl groups is 1. The van der Waals surface area contributed by atoms with Gasteiger partial charge in [-0.15, -0.1) is 0 Å². The third kappa shape index (κ3) is 24.2. The number of aliphatic hydroxyl groups excluding tert-OH is 1. The lowest BCUT2D eigenvalue weighted by Gasteiger charge is -2.29. The average Bonchev–Trinajstić information content (AvgIpc) is 3.59. The van der Waals surface area contributed by atoms with Gasteiger partial charge in [0.1, 0.15) is 54.1 Å². The van der Waals surface area contributed by atoms with Crippen LogP contribution in [0.2, 0.25) is 0 Å². The number of hydrogen-bond acceptors (Lipinski definition) is 16. The molecule has 0 radical (unpaired) electrons. The molecule has 8 amide bonds. The van der Waals surface area contributed by atoms with Gasteiger partial charge in [-0.05, 0) is 67.0 Å². The van der Waals surface area contributed by atoms with Gasteiger partial charge < -0.3 is 85.9 Å². The summed E-state index contributed by atoms with van der Waals surface area (Å²) >= 11 is 4.23. The van der Waals surface area contributed by atoms with Crippen LogP contribution in [-0.2, 0) is 67.2 Å². The van der Waals surface area contributed by atoms with E-state index >= 15 is 0 Å². The number of rotatable bonds is 36. The van der Waals surface area contributed by atoms with Crippen LogP contribution in [-0.4, -0.2) is 165 Å². The minimum Gasteiger partial charge on any atom is -0.508 e. The molecule has 0 aromatic heterocycles. The SMILES string of the molecule is CC(C)[C@H](NC(=O)[C@H](CC(=O)O)NC(=O)[C@H](Cc1ccc(O)cc1)NC(=O)[C@H](CCCN=C(N)N)NC(=O)[C@H](CO)NC(=O)[C@@H](N)CCCCN)C(=O)N[C@@H](Cc1ccccc1)C(=O)N[C@@H](CS)C(=O)N[C@@H](Cc1ccccc1)C(=O)O. The number of benzene rings is 3. The molecular weight excluding hydrogens is 1090 g/mol. The van der Waals surface area contributed by atoms with E-state index in [1.807, 2.05) is 0 Å². The van der Waals surface area contributed by atoms with Gasteiger partial charge in [0.2, 0.25) is 47.3 Å². The normalized spacial score (nSPS) is 14.3. The minimum absolute atomic E-state index is 0.0266. The van der Waals surface area contributed by atoms with E-state index in [0.29, 0.717) is 36.1 Å². The molecule has 3 rings (SSSR count). The first kappa shape index (κ1) is 67.9. The van der Waals surface area contributed by atoms with Gasteiger partial charge in [0.15, 0.2) is 5.96 Å². The quantitative estimate of drug-likeness (QED) is 0.0119. The van der Waals surface area contributed by atoms with Crippen molar-refractivity contribution in [3.05, 3.63) is 102 Å². The molecule has 0 aliphatic heterocycles. The average molecular weight is 1160 g/mol. The number of nitrogens with two attached hydrogens (primary N) is 4. The van der Waals surface area contributed by atoms with E-state index in [2.05, 4.69) is 60.2 Å². The van der Waals surface area contributed by atoms with Crippen LogP contribution in [0.15, 0.2) is 89.9 Å². The molecule has 82 heavy (non-hydrogen) atoms. The number of nitrogens with zero attached hydrogens (tertiary/aromatic N) is 1. The molecule has 448 valence electrons. The highest BCUT2D eigenvalue weighted by atomic mass is 32.1. The highest BCUT2D eigenvalue weighted by Gasteiger charge is 2.36. The Kier molecular flexibility index (Phi) is 29.3. The number of phenols is 1. The molecule has 20 N–H and O–H groups in total. The monoisotopic (exact) mass is 1160 g/mol. The van der Waals surface area contributed by atoms with Crippen molar-refractivity contribution in [3.63, 3.8) is 0 Å². The lowest BCUT2D eigenvalue weighted by atomic mass is 9.99. The summed E-state index contributed by atoms with van der Waals surface area (Å²) in [4.78, 5) is 139. The summed E-state index contributed by atoms with van der Waals surface area (Å²) in [6.07, 6.45) is -0.443. The number of unbranched alkanes of at least 4 members (excludes halogenated alkanes) is 1. The zero-order valence-electron chi connectivity index (χ0n) is 45.6. The highest BCUT2D eigenvalue weighted by Crippen LogP contribution is 2.14. The van der Waals surface area contributed by atoms with E-state index in [1.165, 1.54) is 38.1 Å². The molecule has 0 aliphatic carbocycles. The maximum Gasteiger partial charge on any atom is 0.326 e. The zero-order valence-corrected chi connectivity index (χ0v) is 46.5. The molecule has 0 heterocycles. The first-order valence-corrected chi connectivity index (χ1v) is 27.1. The summed E-state index contributed by atoms with van der Waals surface area (Å²) < 4.78 is 0. The Morgan fingerprint density at radius 1 is 0.524 bits per heavy atom. The number of nitrogens with one attached hydrogen (secondary N) is 8. The number of carbonyl (C=O) groups excluding carboxylic acids is 8. The van der Waals surface area contributed by atoms with Gasteiger partial charge in [0.05, 0.1) is 19.1 Å². The zero-order chi connectivity index (χ0) is 60.9. The van der Waals surface area contributed by atoms with Gasteiger partial charge in [-0.1, -0.05) is 93.1 Å². The second kappa shape index (κ2) is 35.4. The third-order valence-corrected chi connectivity index (χ3v) is 13.0. The number of carbonyl (C=O) groups is 10. The summed E-state index contributed by atoms with van der Waals surface area (Å²) in [7, 11) is 0. The number of aliphatic imine (C=N–C) groups is 1. The summed E-state index contributed by atoms with van der Waals surface area (Å²) in [5.41, 5.74) is 24.0. The van der Waals surface area contributed by atoms with Crippen molar-refractivity contribution in [2.24, 2.45) is 33.8 Å². The van der Waals surface area contributed by atoms with E-state index in [-0.39, 0.29) is 62.5 Å². The Hall–Kier alpha value is -8.34. The van der Waals surface area contributed by atoms with E-state index < -0.39 is 133 Å². The Morgan fingerprint density at radius 2 is 0.963 bits per heavy atom. The van der Waals surface area contributed by atoms with Crippen molar-refractivity contribution in [1.82, 2.24) is 42.5 Å². The molecule has 0 spiro atoms. The van der Waals surface area contributed by atoms with Crippen LogP contribution in [0.1, 0.15) is 69.1 Å². The summed E-state index contributed by atoms with van der Waals surface area (Å²) in [6, 6.07) is 8.86. The first-order chi connectivity index (χ1) is 39.0. The molecule has 9 atom stereocenters. The maximum absolute atomic E-state index is 14.4. The molecule has 0 unspecified atom stereocenters. The standard InChI is InChI=1S/C54H77N13O14S/c1-30(2)44(52(79)63-38(24-31-12-5-3-6-13-31)48(75)66-42(29-82)51(78)64-40(53(80)81)26-32-14-7-4-8-15-32)67-49(76)39(27-43(70)71)62-47(74)37(25-33-18-20-34(69)21-19-33)61-46(73)36(17-11-23-59-54(57)58)60-50(77)41(28-68)65-45(72)35(56)16-9-10-22-55/h3-8,12-15,18-21,30,35-42,44,68-69,82H,9-11,16-17,22-29,55-56H2,1-2H3,(H,60,77)(H,61,73)(H,62,74)(H,63,79)(H,64,78)(H,65,72)(H,66,75)(H,67,76)(H,70,71)(H,80,81)(H4,57,58,59)/t35-,36-,37-,38-,39-,40-,41-,42-,44-/m0/s1. The summed E-state index contributed by atoms with van der Waals surface area (Å²) in [5, 5.41) is 59.7. The Bertz CT molecular complexity index is 2630. The predicted molar refractivity (Wildman–Crippen MR) is 304 cm³/mol. The number of carboxylic acids is 2. The van der Waals surface area contributed by atoms with Crippen LogP contribution in [0.25, 0.3) is 0 Å². The van der Waals surface area contributed by atoms with E-state index in [1.54, 1.807) is 60.7 Å². The van der Waals surface area contributed by atoms with Gasteiger partial charge in [-0.2, -0.15) is 12.6 Å². The molecule has 0 bridgehead atoms. The fourth-order valence-corrected chi connectivity index (χ4v) is 8.32. The number of hydrogen-bond donors (Lipinski definition) is 17. The topological polar surface area (TPSA) is 464 Å². The fraction of sp³-hybridized carbons (Fsp3) is 0.463. The number of carboxylic acid groups (broad SMARTS) is 2. The molecule has 0 aliphatic rings. The van der Waals surface area contributed by atoms with Crippen LogP contribution in [0.4, 0.5) is 0 Å². The van der Waals surface area contributed by atoms with Crippen molar-refractivity contribution in [2.75, 3.05) is 25.4 Å². The smallest absolute Gasteiger partial charge is 0.326 e. The number of thiol groups is 1. The molecule has 27 nitrogen and oxygen atoms in total. The third-order valence-electron chi connectivity index (χ3n) is 12.6. The van der Waals surface area contributed by atoms with Crippen LogP contribution >= 0.6 is 12.6 Å². The van der Waals surface area contributed by atoms with Gasteiger partial charge >= 0.3 is 11.9 Å². The van der Waals surface area contributed by atoms with Crippen molar-refractivity contribution in [3.8, 4) is 5.75 Å². The Labute approximate surface area is 479 Å². The van der Waals surface area contributed by atoms with Gasteiger partial charge in [0, 0.05) is 31.6 Å². The van der Waals surface area contributed by atoms with Crippen LogP contribution in [0, 0.1) is 5.92 Å². The van der Waals surface area contributed by atoms with Crippen molar-refractivity contribution in [1.29, 1.82) is 0 Å². The summed E-state index contributed by atoms with van der Waals surface area (Å²) in [5.74, 6) is -12.2. The molecular formula is C54H77N13O14S. The maximum atomic E-state index is 14.4. The molecule has 28 heteroatoms. The lowest BCUT2D eigenvalue weighted by Crippen LogP contribution is -2.62. The fourth-order valence-electron chi connectivity index (χ4n) is 8.06. The van der Waals surface area contributed by atoms with Gasteiger partial charge in [0.25, 0.3) is 0 Å². The summed E-state index contributed by atoms with van der Waals surface area (Å²) in [6.45, 7) is 2.48. The molecule has 0 fully saturated rings. The van der Waals surface area contributed by atoms with E-state index in [9.17, 15) is 68.4 Å². The number of aromatic hydroxyl groups is 1. The molecule has 3 aromatic rings. The van der Waals surface area contributed by atoms with Crippen LogP contribution in [0.5, 0.6) is 5.75 Å². The molecule has 3 aromatic carbocycles. The van der Waals surface area contributed by atoms with Crippen molar-refractivity contribution >= 4 is 77.8 Å². The van der Waals surface area contributed by atoms with Crippen LogP contribution < -0.4 is 65.5 Å². The number of aliphatic carboxylic acids is 2. The van der Waals surface area contributed by atoms with E-state index in [0.717, 1.165) is 0 Å². The molecule has 0 saturated carbocycles. The lowest BCUT2D eigenvalue weighted by molar-refractivity contribution is -0.142. The number of phenolic OH excluding ortho intramolecular Hbond substituents is 1. The van der Waals surface area contributed by atoms with Gasteiger partial charge in [-0.25, -0.2) is 4.79 Å². The van der Waals surface area contributed by atoms with Crippen molar-refractivity contribution in [2.45, 2.75) is 126 Å². The Morgan fingerprint density at radius 3 is 1.46 bits per heavy atom. The predicted octanol–water partition coefficient (Wildman–Crippen LogP) is -3.05. The van der Waals surface area contributed by atoms with E-state index in [4.69, 9.17) is 22.9 Å². The van der Waals surface area contributed by atoms with Crippen LogP contribution in [0.3, 0.4) is 0 Å². The largest absolute Gasteiger partial charge is 0.508 e. The highest BCUT2D eigenvalue weighted by molar-refractivity contribution is 7.80. The molecule has 0 saturated heterocycles. The number of guanidine groups is 1. The number of amides is 8. The second-order valence-corrected chi connectivity index (χ2v) is 19.9. The second-order valence-electron chi connectivity index (χ2n) is 19.5. The minimum atomic E-state index is -1.93.